The number of ether oxygens (including phenoxy) is 1. The van der Waals surface area contributed by atoms with Crippen LogP contribution in [-0.2, 0) is 17.5 Å². The zero-order valence-corrected chi connectivity index (χ0v) is 15.1. The third-order valence-corrected chi connectivity index (χ3v) is 3.44. The quantitative estimate of drug-likeness (QED) is 0.678. The van der Waals surface area contributed by atoms with Crippen molar-refractivity contribution in [1.29, 1.82) is 0 Å². The van der Waals surface area contributed by atoms with Crippen LogP contribution in [-0.4, -0.2) is 45.3 Å². The van der Waals surface area contributed by atoms with E-state index in [4.69, 9.17) is 4.74 Å². The number of hydrogen-bond donors (Lipinski definition) is 1. The van der Waals surface area contributed by atoms with Gasteiger partial charge in [-0.15, -0.1) is 0 Å². The van der Waals surface area contributed by atoms with Gasteiger partial charge < -0.3 is 14.2 Å². The van der Waals surface area contributed by atoms with Crippen molar-refractivity contribution in [2.75, 3.05) is 24.3 Å². The van der Waals surface area contributed by atoms with Gasteiger partial charge in [-0.25, -0.2) is 19.7 Å². The zero-order valence-electron chi connectivity index (χ0n) is 15.1. The second-order valence-corrected chi connectivity index (χ2v) is 5.80. The first-order chi connectivity index (χ1) is 13.7. The Morgan fingerprint density at radius 3 is 2.59 bits per heavy atom. The van der Waals surface area contributed by atoms with Gasteiger partial charge in [0.05, 0.1) is 5.56 Å². The lowest BCUT2D eigenvalue weighted by Crippen LogP contribution is -2.18. The van der Waals surface area contributed by atoms with Crippen molar-refractivity contribution in [3.63, 3.8) is 0 Å². The molecule has 0 aliphatic heterocycles. The summed E-state index contributed by atoms with van der Waals surface area (Å²) in [4.78, 5) is 28.8. The summed E-state index contributed by atoms with van der Waals surface area (Å²) >= 11 is 0. The lowest BCUT2D eigenvalue weighted by Gasteiger charge is -2.15. The number of nitrogens with zero attached hydrogens (tertiary/aromatic N) is 6. The summed E-state index contributed by atoms with van der Waals surface area (Å²) in [6.45, 7) is -0.0334. The highest BCUT2D eigenvalue weighted by atomic mass is 19.4. The molecule has 1 amide bonds. The molecule has 0 saturated carbocycles. The molecule has 0 aliphatic carbocycles. The van der Waals surface area contributed by atoms with Crippen molar-refractivity contribution in [2.45, 2.75) is 12.8 Å². The maximum Gasteiger partial charge on any atom is 0.471 e. The van der Waals surface area contributed by atoms with Crippen LogP contribution in [0.25, 0.3) is 11.4 Å². The highest BCUT2D eigenvalue weighted by Crippen LogP contribution is 2.29. The molecule has 3 rings (SSSR count). The van der Waals surface area contributed by atoms with E-state index in [0.29, 0.717) is 11.4 Å². The number of carbonyl (C=O) groups excluding carboxylic acids is 1. The van der Waals surface area contributed by atoms with E-state index in [1.807, 2.05) is 14.1 Å². The lowest BCUT2D eigenvalue weighted by molar-refractivity contribution is -0.159. The molecule has 29 heavy (non-hydrogen) atoms. The number of nitrogens with one attached hydrogen (secondary N) is 1. The molecular weight excluding hydrogens is 395 g/mol. The largest absolute Gasteiger partial charge is 0.471 e. The Morgan fingerprint density at radius 1 is 1.24 bits per heavy atom. The van der Waals surface area contributed by atoms with Crippen LogP contribution < -0.4 is 10.2 Å². The Hall–Kier alpha value is -3.77. The third kappa shape index (κ3) is 4.94. The number of amides is 1. The fraction of sp³-hybridized carbons (Fsp3) is 0.250. The van der Waals surface area contributed by atoms with Crippen molar-refractivity contribution in [3.05, 3.63) is 42.2 Å². The van der Waals surface area contributed by atoms with E-state index in [9.17, 15) is 18.0 Å². The summed E-state index contributed by atoms with van der Waals surface area (Å²) in [5.41, 5.74) is 0.774. The summed E-state index contributed by atoms with van der Waals surface area (Å²) in [5, 5.41) is 5.53. The molecule has 3 heterocycles. The van der Waals surface area contributed by atoms with Crippen molar-refractivity contribution >= 4 is 17.9 Å². The molecule has 3 aromatic heterocycles. The van der Waals surface area contributed by atoms with E-state index < -0.39 is 18.2 Å². The molecule has 0 radical (unpaired) electrons. The number of aromatic nitrogens is 5. The van der Waals surface area contributed by atoms with Gasteiger partial charge in [-0.3, -0.25) is 5.32 Å². The minimum absolute atomic E-state index is 0.0334. The molecule has 0 spiro atoms. The van der Waals surface area contributed by atoms with Crippen molar-refractivity contribution in [3.8, 4) is 11.4 Å². The van der Waals surface area contributed by atoms with E-state index in [0.717, 1.165) is 12.4 Å². The van der Waals surface area contributed by atoms with E-state index >= 15 is 0 Å². The first-order valence-corrected chi connectivity index (χ1v) is 8.02. The number of halogens is 3. The van der Waals surface area contributed by atoms with Crippen molar-refractivity contribution < 1.29 is 27.2 Å². The predicted octanol–water partition coefficient (Wildman–Crippen LogP) is 2.76. The molecule has 0 aliphatic rings. The normalized spacial score (nSPS) is 11.2. The molecule has 0 unspecified atom stereocenters. The van der Waals surface area contributed by atoms with Gasteiger partial charge >= 0.3 is 18.2 Å². The smallest absolute Gasteiger partial charge is 0.444 e. The number of pyridine rings is 1. The van der Waals surface area contributed by atoms with E-state index in [2.05, 4.69) is 34.9 Å². The molecule has 3 aromatic rings. The van der Waals surface area contributed by atoms with E-state index in [-0.39, 0.29) is 23.9 Å². The molecule has 0 atom stereocenters. The second-order valence-electron chi connectivity index (χ2n) is 5.80. The average molecular weight is 409 g/mol. The molecule has 10 nitrogen and oxygen atoms in total. The van der Waals surface area contributed by atoms with Gasteiger partial charge in [0, 0.05) is 38.2 Å². The molecule has 0 bridgehead atoms. The van der Waals surface area contributed by atoms with Gasteiger partial charge in [0.25, 0.3) is 0 Å². The van der Waals surface area contributed by atoms with Crippen LogP contribution in [0.15, 0.2) is 35.2 Å². The van der Waals surface area contributed by atoms with Gasteiger partial charge in [0.15, 0.2) is 0 Å². The molecule has 152 valence electrons. The standard InChI is InChI=1S/C16H14F3N7O3/c1-26(2)12-9(4-3-5-20-12)8-28-15(27)24-14-21-6-10(7-22-14)11-23-13(29-25-11)16(17,18)19/h3-7H,8H2,1-2H3,(H,21,22,24,27). The number of hydrogen-bond acceptors (Lipinski definition) is 9. The van der Waals surface area contributed by atoms with Crippen LogP contribution in [0.2, 0.25) is 0 Å². The van der Waals surface area contributed by atoms with Gasteiger partial charge in [0.2, 0.25) is 11.8 Å². The lowest BCUT2D eigenvalue weighted by atomic mass is 10.2. The third-order valence-electron chi connectivity index (χ3n) is 3.44. The Kier molecular flexibility index (Phi) is 5.57. The van der Waals surface area contributed by atoms with E-state index in [1.165, 1.54) is 0 Å². The van der Waals surface area contributed by atoms with Gasteiger partial charge in [-0.05, 0) is 6.07 Å². The Labute approximate surface area is 161 Å². The monoisotopic (exact) mass is 409 g/mol. The summed E-state index contributed by atoms with van der Waals surface area (Å²) in [7, 11) is 3.62. The SMILES string of the molecule is CN(C)c1ncccc1COC(=O)Nc1ncc(-c2noc(C(F)(F)F)n2)cn1. The fourth-order valence-corrected chi connectivity index (χ4v) is 2.18. The van der Waals surface area contributed by atoms with Crippen LogP contribution in [0.4, 0.5) is 29.7 Å². The molecule has 0 saturated heterocycles. The Morgan fingerprint density at radius 2 is 1.97 bits per heavy atom. The maximum absolute atomic E-state index is 12.5. The molecule has 0 fully saturated rings. The van der Waals surface area contributed by atoms with Crippen molar-refractivity contribution in [2.24, 2.45) is 0 Å². The van der Waals surface area contributed by atoms with Gasteiger partial charge in [0.1, 0.15) is 12.4 Å². The average Bonchev–Trinajstić information content (AvgIpc) is 3.18. The van der Waals surface area contributed by atoms with E-state index in [1.54, 1.807) is 23.2 Å². The van der Waals surface area contributed by atoms with Crippen LogP contribution in [0, 0.1) is 0 Å². The maximum atomic E-state index is 12.5. The topological polar surface area (TPSA) is 119 Å². The minimum atomic E-state index is -4.75. The van der Waals surface area contributed by atoms with Crippen LogP contribution >= 0.6 is 0 Å². The number of alkyl halides is 3. The summed E-state index contributed by atoms with van der Waals surface area (Å²) in [6, 6.07) is 3.48. The summed E-state index contributed by atoms with van der Waals surface area (Å²) in [5.74, 6) is -1.28. The van der Waals surface area contributed by atoms with Crippen LogP contribution in [0.5, 0.6) is 0 Å². The van der Waals surface area contributed by atoms with Crippen molar-refractivity contribution in [1.82, 2.24) is 25.1 Å². The molecule has 13 heteroatoms. The van der Waals surface area contributed by atoms with Gasteiger partial charge in [-0.2, -0.15) is 18.2 Å². The Bertz CT molecular complexity index is 990. The first-order valence-electron chi connectivity index (χ1n) is 8.02. The number of rotatable bonds is 5. The second kappa shape index (κ2) is 8.08. The predicted molar refractivity (Wildman–Crippen MR) is 92.7 cm³/mol. The zero-order chi connectivity index (χ0) is 21.0. The number of anilines is 2. The van der Waals surface area contributed by atoms with Crippen LogP contribution in [0.1, 0.15) is 11.5 Å². The summed E-state index contributed by atoms with van der Waals surface area (Å²) < 4.78 is 46.7. The fourth-order valence-electron chi connectivity index (χ4n) is 2.18. The number of carbonyl (C=O) groups is 1. The Balaban J connectivity index is 1.60. The minimum Gasteiger partial charge on any atom is -0.444 e. The highest BCUT2D eigenvalue weighted by molar-refractivity contribution is 5.82. The molecule has 1 N–H and O–H groups in total. The molecule has 0 aromatic carbocycles. The summed E-state index contributed by atoms with van der Waals surface area (Å²) in [6.07, 6.45) is -1.67. The first kappa shape index (κ1) is 20.0. The van der Waals surface area contributed by atoms with Crippen LogP contribution in [0.3, 0.4) is 0 Å². The molecular formula is C16H14F3N7O3. The highest BCUT2D eigenvalue weighted by Gasteiger charge is 2.38. The van der Waals surface area contributed by atoms with Gasteiger partial charge in [-0.1, -0.05) is 11.2 Å².